The summed E-state index contributed by atoms with van der Waals surface area (Å²) in [4.78, 5) is 34.4. The summed E-state index contributed by atoms with van der Waals surface area (Å²) in [6, 6.07) is -1.62. The second kappa shape index (κ2) is 15.0. The molecule has 0 fully saturated rings. The quantitative estimate of drug-likeness (QED) is 0.207. The van der Waals surface area contributed by atoms with E-state index in [1.807, 2.05) is 0 Å². The Morgan fingerprint density at radius 2 is 1.63 bits per heavy atom. The van der Waals surface area contributed by atoms with Crippen LogP contribution in [0.2, 0.25) is 0 Å². The molecule has 0 aromatic rings. The molecule has 5 N–H and O–H groups in total. The summed E-state index contributed by atoms with van der Waals surface area (Å²) in [6.07, 6.45) is 12.2. The van der Waals surface area contributed by atoms with E-state index in [9.17, 15) is 19.5 Å². The Morgan fingerprint density at radius 1 is 1.07 bits per heavy atom. The number of nitrogens with one attached hydrogen (secondary N) is 1. The Balaban J connectivity index is 2.38. The lowest BCUT2D eigenvalue weighted by atomic mass is 9.98. The molecule has 0 saturated carbocycles. The lowest BCUT2D eigenvalue weighted by molar-refractivity contribution is -0.151. The number of ether oxygens (including phenoxy) is 1. The normalized spacial score (nSPS) is 17.9. The molecule has 1 aliphatic heterocycles. The van der Waals surface area contributed by atoms with Crippen LogP contribution < -0.4 is 11.1 Å². The molecule has 3 atom stereocenters. The first-order chi connectivity index (χ1) is 14.3. The van der Waals surface area contributed by atoms with E-state index in [0.717, 1.165) is 19.3 Å². The number of cyclic esters (lactones) is 1. The van der Waals surface area contributed by atoms with Gasteiger partial charge in [0, 0.05) is 18.1 Å². The molecule has 0 radical (unpaired) electrons. The third-order valence-electron chi connectivity index (χ3n) is 5.38. The molecule has 1 rings (SSSR count). The maximum absolute atomic E-state index is 12.2. The maximum atomic E-state index is 12.2. The van der Waals surface area contributed by atoms with Crippen molar-refractivity contribution < 1.29 is 29.3 Å². The lowest BCUT2D eigenvalue weighted by Crippen LogP contribution is -2.40. The molecule has 1 amide bonds. The molecule has 8 nitrogen and oxygen atoms in total. The van der Waals surface area contributed by atoms with Gasteiger partial charge < -0.3 is 26.0 Å². The number of carbonyl (C=O) groups is 3. The molecule has 2 unspecified atom stereocenters. The smallest absolute Gasteiger partial charge is 0.333 e. The number of hydrogen-bond acceptors (Lipinski definition) is 6. The highest BCUT2D eigenvalue weighted by Crippen LogP contribution is 2.22. The highest BCUT2D eigenvalue weighted by Gasteiger charge is 2.31. The number of hydrogen-bond donors (Lipinski definition) is 4. The van der Waals surface area contributed by atoms with Crippen molar-refractivity contribution in [3.63, 3.8) is 0 Å². The van der Waals surface area contributed by atoms with Crippen molar-refractivity contribution in [3.8, 4) is 0 Å². The minimum absolute atomic E-state index is 0.0170. The Bertz CT molecular complexity index is 578. The number of aliphatic carboxylic acids is 1. The third kappa shape index (κ3) is 10.7. The first-order valence-corrected chi connectivity index (χ1v) is 11.2. The van der Waals surface area contributed by atoms with E-state index in [1.165, 1.54) is 51.0 Å². The first kappa shape index (κ1) is 26.1. The largest absolute Gasteiger partial charge is 0.480 e. The van der Waals surface area contributed by atoms with Gasteiger partial charge in [-0.05, 0) is 12.8 Å². The number of carbonyl (C=O) groups excluding carboxylic acids is 2. The van der Waals surface area contributed by atoms with E-state index in [0.29, 0.717) is 12.0 Å². The predicted octanol–water partition coefficient (Wildman–Crippen LogP) is 2.78. The van der Waals surface area contributed by atoms with Gasteiger partial charge in [0.1, 0.15) is 6.04 Å². The van der Waals surface area contributed by atoms with Crippen molar-refractivity contribution in [1.29, 1.82) is 0 Å². The van der Waals surface area contributed by atoms with E-state index in [-0.39, 0.29) is 18.7 Å². The van der Waals surface area contributed by atoms with Crippen LogP contribution in [-0.4, -0.2) is 46.4 Å². The summed E-state index contributed by atoms with van der Waals surface area (Å²) >= 11 is 0. The number of carboxylic acid groups (broad SMARTS) is 1. The fourth-order valence-corrected chi connectivity index (χ4v) is 3.53. The molecule has 0 saturated heterocycles. The molecule has 0 bridgehead atoms. The van der Waals surface area contributed by atoms with E-state index in [2.05, 4.69) is 12.2 Å². The zero-order chi connectivity index (χ0) is 22.4. The van der Waals surface area contributed by atoms with Crippen LogP contribution in [-0.2, 0) is 19.1 Å². The Labute approximate surface area is 179 Å². The maximum Gasteiger partial charge on any atom is 0.333 e. The highest BCUT2D eigenvalue weighted by molar-refractivity contribution is 5.86. The van der Waals surface area contributed by atoms with Crippen LogP contribution in [0.5, 0.6) is 0 Å². The van der Waals surface area contributed by atoms with Crippen LogP contribution in [0.15, 0.2) is 11.6 Å². The monoisotopic (exact) mass is 426 g/mol. The molecule has 0 aromatic carbocycles. The molecule has 172 valence electrons. The minimum atomic E-state index is -1.35. The summed E-state index contributed by atoms with van der Waals surface area (Å²) in [5.74, 6) is -2.15. The number of aliphatic hydroxyl groups excluding tert-OH is 1. The van der Waals surface area contributed by atoms with Crippen LogP contribution >= 0.6 is 0 Å². The zero-order valence-electron chi connectivity index (χ0n) is 18.1. The van der Waals surface area contributed by atoms with E-state index >= 15 is 0 Å². The Morgan fingerprint density at radius 3 is 2.13 bits per heavy atom. The molecular formula is C22H38N2O6. The van der Waals surface area contributed by atoms with Gasteiger partial charge in [0.15, 0.2) is 0 Å². The molecule has 8 heteroatoms. The molecule has 0 aromatic heterocycles. The zero-order valence-corrected chi connectivity index (χ0v) is 18.1. The van der Waals surface area contributed by atoms with Gasteiger partial charge in [-0.2, -0.15) is 0 Å². The second-order valence-corrected chi connectivity index (χ2v) is 8.01. The number of amides is 1. The van der Waals surface area contributed by atoms with Gasteiger partial charge in [-0.3, -0.25) is 9.59 Å². The minimum Gasteiger partial charge on any atom is -0.480 e. The second-order valence-electron chi connectivity index (χ2n) is 8.01. The molecule has 0 aliphatic carbocycles. The third-order valence-corrected chi connectivity index (χ3v) is 5.38. The summed E-state index contributed by atoms with van der Waals surface area (Å²) in [7, 11) is 0. The highest BCUT2D eigenvalue weighted by atomic mass is 16.6. The fraction of sp³-hybridized carbons (Fsp3) is 0.773. The summed E-state index contributed by atoms with van der Waals surface area (Å²) in [5, 5.41) is 21.5. The number of carboxylic acids is 1. The van der Waals surface area contributed by atoms with E-state index in [4.69, 9.17) is 15.6 Å². The standard InChI is InChI=1S/C22H38N2O6/c1-2-3-4-5-6-7-8-9-10-11-12-18(16-15-20(26)30-22(16)29)24-19(25)14-13-17(23)21(27)28/h15,17-18,22,29H,2-14,23H2,1H3,(H,24,25)(H,27,28)/t17-,18?,22?/m0/s1. The number of unbranched alkanes of at least 4 members (excludes halogenated alkanes) is 9. The van der Waals surface area contributed by atoms with Crippen molar-refractivity contribution in [2.75, 3.05) is 0 Å². The average Bonchev–Trinajstić information content (AvgIpc) is 3.04. The van der Waals surface area contributed by atoms with Crippen LogP contribution in [0.1, 0.15) is 90.4 Å². The van der Waals surface area contributed by atoms with Crippen molar-refractivity contribution in [2.24, 2.45) is 5.73 Å². The molecule has 1 heterocycles. The summed E-state index contributed by atoms with van der Waals surface area (Å²) in [6.45, 7) is 2.21. The summed E-state index contributed by atoms with van der Waals surface area (Å²) in [5.41, 5.74) is 5.77. The van der Waals surface area contributed by atoms with Crippen LogP contribution in [0.25, 0.3) is 0 Å². The van der Waals surface area contributed by atoms with Crippen LogP contribution in [0.3, 0.4) is 0 Å². The fourth-order valence-electron chi connectivity index (χ4n) is 3.53. The Kier molecular flexibility index (Phi) is 13.0. The van der Waals surface area contributed by atoms with Crippen LogP contribution in [0, 0.1) is 0 Å². The molecular weight excluding hydrogens is 388 g/mol. The average molecular weight is 427 g/mol. The lowest BCUT2D eigenvalue weighted by Gasteiger charge is -2.22. The first-order valence-electron chi connectivity index (χ1n) is 11.2. The number of nitrogens with two attached hydrogens (primary N) is 1. The molecule has 1 aliphatic rings. The number of aliphatic hydroxyl groups is 1. The SMILES string of the molecule is CCCCCCCCCCCCC(NC(=O)CC[C@H](N)C(=O)O)C1=CC(=O)OC1O. The van der Waals surface area contributed by atoms with Gasteiger partial charge >= 0.3 is 11.9 Å². The molecule has 30 heavy (non-hydrogen) atoms. The van der Waals surface area contributed by atoms with Crippen molar-refractivity contribution in [3.05, 3.63) is 11.6 Å². The van der Waals surface area contributed by atoms with Crippen molar-refractivity contribution >= 4 is 17.8 Å². The van der Waals surface area contributed by atoms with Crippen molar-refractivity contribution in [1.82, 2.24) is 5.32 Å². The van der Waals surface area contributed by atoms with Crippen molar-refractivity contribution in [2.45, 2.75) is 109 Å². The van der Waals surface area contributed by atoms with Crippen LogP contribution in [0.4, 0.5) is 0 Å². The van der Waals surface area contributed by atoms with E-state index in [1.54, 1.807) is 0 Å². The number of rotatable bonds is 17. The summed E-state index contributed by atoms with van der Waals surface area (Å²) < 4.78 is 4.74. The Hall–Kier alpha value is -1.93. The van der Waals surface area contributed by atoms with Gasteiger partial charge in [-0.25, -0.2) is 4.79 Å². The number of esters is 1. The topological polar surface area (TPSA) is 139 Å². The van der Waals surface area contributed by atoms with Gasteiger partial charge in [0.2, 0.25) is 12.2 Å². The van der Waals surface area contributed by atoms with Gasteiger partial charge in [-0.15, -0.1) is 0 Å². The van der Waals surface area contributed by atoms with E-state index < -0.39 is 30.3 Å². The molecule has 0 spiro atoms. The van der Waals surface area contributed by atoms with Gasteiger partial charge in [0.05, 0.1) is 6.04 Å². The predicted molar refractivity (Wildman–Crippen MR) is 113 cm³/mol. The van der Waals surface area contributed by atoms with Gasteiger partial charge in [-0.1, -0.05) is 71.1 Å². The van der Waals surface area contributed by atoms with Gasteiger partial charge in [0.25, 0.3) is 0 Å².